The Kier molecular flexibility index (Phi) is 5.84. The molecule has 2 unspecified atom stereocenters. The molecule has 1 fully saturated rings. The molecule has 4 rings (SSSR count). The third-order valence-electron chi connectivity index (χ3n) is 6.54. The highest BCUT2D eigenvalue weighted by atomic mass is 16.5. The standard InChI is InChI=1S/C26H29N3O4/c1-16-12-22(18(3)29(16)17(2)15-33-5)23(30)14-28-24(31)26(4,27-25(28)32)21-11-10-19-8-6-7-9-20(19)13-21/h6-13,17H,14-15H2,1-5H3,(H,27,32). The molecule has 172 valence electrons. The maximum absolute atomic E-state index is 13.4. The lowest BCUT2D eigenvalue weighted by molar-refractivity contribution is -0.130. The zero-order valence-electron chi connectivity index (χ0n) is 19.6. The lowest BCUT2D eigenvalue weighted by Crippen LogP contribution is -2.41. The molecule has 2 heterocycles. The number of fused-ring (bicyclic) bond motifs is 1. The van der Waals surface area contributed by atoms with Gasteiger partial charge in [0.2, 0.25) is 0 Å². The first kappa shape index (κ1) is 22.7. The summed E-state index contributed by atoms with van der Waals surface area (Å²) in [7, 11) is 1.64. The Bertz CT molecular complexity index is 1260. The van der Waals surface area contributed by atoms with Gasteiger partial charge in [0.1, 0.15) is 5.54 Å². The van der Waals surface area contributed by atoms with Crippen molar-refractivity contribution in [2.45, 2.75) is 39.3 Å². The SMILES string of the molecule is COCC(C)n1c(C)cc(C(=O)CN2C(=O)NC(C)(c3ccc4ccccc4c3)C2=O)c1C. The smallest absolute Gasteiger partial charge is 0.325 e. The number of carbonyl (C=O) groups is 3. The summed E-state index contributed by atoms with van der Waals surface area (Å²) < 4.78 is 7.30. The number of nitrogens with one attached hydrogen (secondary N) is 1. The number of aromatic nitrogens is 1. The van der Waals surface area contributed by atoms with Gasteiger partial charge in [0.05, 0.1) is 19.2 Å². The Hall–Kier alpha value is -3.45. The van der Waals surface area contributed by atoms with Gasteiger partial charge in [-0.3, -0.25) is 14.5 Å². The van der Waals surface area contributed by atoms with E-state index in [-0.39, 0.29) is 18.4 Å². The number of carbonyl (C=O) groups excluding carboxylic acids is 3. The summed E-state index contributed by atoms with van der Waals surface area (Å²) in [6.07, 6.45) is 0. The number of amides is 3. The summed E-state index contributed by atoms with van der Waals surface area (Å²) >= 11 is 0. The van der Waals surface area contributed by atoms with E-state index in [1.54, 1.807) is 14.0 Å². The molecule has 3 amide bonds. The van der Waals surface area contributed by atoms with Crippen molar-refractivity contribution in [3.8, 4) is 0 Å². The average Bonchev–Trinajstić information content (AvgIpc) is 3.21. The second-order valence-electron chi connectivity index (χ2n) is 8.89. The predicted molar refractivity (Wildman–Crippen MR) is 126 cm³/mol. The fourth-order valence-corrected chi connectivity index (χ4v) is 4.82. The Morgan fingerprint density at radius 3 is 2.48 bits per heavy atom. The molecular formula is C26H29N3O4. The van der Waals surface area contributed by atoms with E-state index >= 15 is 0 Å². The number of imide groups is 1. The fourth-order valence-electron chi connectivity index (χ4n) is 4.82. The van der Waals surface area contributed by atoms with E-state index in [1.165, 1.54) is 0 Å². The lowest BCUT2D eigenvalue weighted by Gasteiger charge is -2.22. The number of nitrogens with zero attached hydrogens (tertiary/aromatic N) is 2. The molecule has 7 nitrogen and oxygen atoms in total. The van der Waals surface area contributed by atoms with Crippen LogP contribution in [-0.4, -0.2) is 47.4 Å². The molecule has 2 aromatic carbocycles. The van der Waals surface area contributed by atoms with Gasteiger partial charge in [-0.1, -0.05) is 36.4 Å². The van der Waals surface area contributed by atoms with Crippen LogP contribution in [0.3, 0.4) is 0 Å². The quantitative estimate of drug-likeness (QED) is 0.437. The van der Waals surface area contributed by atoms with E-state index < -0.39 is 17.5 Å². The topological polar surface area (TPSA) is 80.6 Å². The maximum atomic E-state index is 13.4. The van der Waals surface area contributed by atoms with Crippen LogP contribution in [0.25, 0.3) is 10.8 Å². The number of hydrogen-bond acceptors (Lipinski definition) is 4. The van der Waals surface area contributed by atoms with E-state index in [0.717, 1.165) is 27.1 Å². The van der Waals surface area contributed by atoms with E-state index in [9.17, 15) is 14.4 Å². The molecule has 1 N–H and O–H groups in total. The summed E-state index contributed by atoms with van der Waals surface area (Å²) in [5, 5.41) is 4.82. The molecule has 2 atom stereocenters. The molecule has 1 saturated heterocycles. The van der Waals surface area contributed by atoms with Gasteiger partial charge in [-0.15, -0.1) is 0 Å². The Labute approximate surface area is 193 Å². The van der Waals surface area contributed by atoms with Crippen LogP contribution in [-0.2, 0) is 15.1 Å². The summed E-state index contributed by atoms with van der Waals surface area (Å²) in [5.41, 5.74) is 1.69. The first-order chi connectivity index (χ1) is 15.7. The van der Waals surface area contributed by atoms with Gasteiger partial charge in [0.15, 0.2) is 5.78 Å². The normalized spacial score (nSPS) is 19.2. The number of aryl methyl sites for hydroxylation is 1. The van der Waals surface area contributed by atoms with Crippen LogP contribution in [0, 0.1) is 13.8 Å². The van der Waals surface area contributed by atoms with Crippen LogP contribution in [0.4, 0.5) is 4.79 Å². The summed E-state index contributed by atoms with van der Waals surface area (Å²) in [6, 6.07) is 14.8. The number of hydrogen-bond donors (Lipinski definition) is 1. The number of benzene rings is 2. The van der Waals surface area contributed by atoms with Crippen molar-refractivity contribution in [2.75, 3.05) is 20.3 Å². The van der Waals surface area contributed by atoms with Crippen molar-refractivity contribution in [1.82, 2.24) is 14.8 Å². The van der Waals surface area contributed by atoms with Crippen LogP contribution in [0.5, 0.6) is 0 Å². The Morgan fingerprint density at radius 2 is 1.79 bits per heavy atom. The summed E-state index contributed by atoms with van der Waals surface area (Å²) in [4.78, 5) is 40.3. The maximum Gasteiger partial charge on any atom is 0.325 e. The number of Topliss-reactive ketones (excluding diaryl/α,β-unsaturated/α-hetero) is 1. The molecule has 0 aliphatic carbocycles. The molecule has 1 aromatic heterocycles. The highest BCUT2D eigenvalue weighted by Crippen LogP contribution is 2.31. The van der Waals surface area contributed by atoms with Crippen LogP contribution in [0.15, 0.2) is 48.5 Å². The molecule has 3 aromatic rings. The molecule has 33 heavy (non-hydrogen) atoms. The van der Waals surface area contributed by atoms with Gasteiger partial charge in [-0.05, 0) is 56.2 Å². The van der Waals surface area contributed by atoms with E-state index in [1.807, 2.05) is 73.9 Å². The van der Waals surface area contributed by atoms with E-state index in [2.05, 4.69) is 5.32 Å². The van der Waals surface area contributed by atoms with Gasteiger partial charge >= 0.3 is 6.03 Å². The molecule has 0 saturated carbocycles. The van der Waals surface area contributed by atoms with Gasteiger partial charge in [-0.25, -0.2) is 4.79 Å². The highest BCUT2D eigenvalue weighted by Gasteiger charge is 2.49. The predicted octanol–water partition coefficient (Wildman–Crippen LogP) is 4.12. The van der Waals surface area contributed by atoms with E-state index in [4.69, 9.17) is 4.74 Å². The largest absolute Gasteiger partial charge is 0.383 e. The first-order valence-corrected chi connectivity index (χ1v) is 11.0. The van der Waals surface area contributed by atoms with Crippen molar-refractivity contribution < 1.29 is 19.1 Å². The van der Waals surface area contributed by atoms with Crippen LogP contribution in [0.2, 0.25) is 0 Å². The van der Waals surface area contributed by atoms with Crippen molar-refractivity contribution in [2.24, 2.45) is 0 Å². The number of ketones is 1. The van der Waals surface area contributed by atoms with Gasteiger partial charge in [0.25, 0.3) is 5.91 Å². The summed E-state index contributed by atoms with van der Waals surface area (Å²) in [6.45, 7) is 7.71. The Morgan fingerprint density at radius 1 is 1.09 bits per heavy atom. The van der Waals surface area contributed by atoms with Crippen LogP contribution >= 0.6 is 0 Å². The van der Waals surface area contributed by atoms with Crippen molar-refractivity contribution in [1.29, 1.82) is 0 Å². The monoisotopic (exact) mass is 447 g/mol. The molecule has 7 heteroatoms. The van der Waals surface area contributed by atoms with E-state index in [0.29, 0.717) is 17.7 Å². The summed E-state index contributed by atoms with van der Waals surface area (Å²) in [5.74, 6) is -0.706. The van der Waals surface area contributed by atoms with Gasteiger partial charge in [-0.2, -0.15) is 0 Å². The van der Waals surface area contributed by atoms with Crippen LogP contribution < -0.4 is 5.32 Å². The number of ether oxygens (including phenoxy) is 1. The fraction of sp³-hybridized carbons (Fsp3) is 0.346. The first-order valence-electron chi connectivity index (χ1n) is 11.0. The third-order valence-corrected chi connectivity index (χ3v) is 6.54. The molecular weight excluding hydrogens is 418 g/mol. The molecule has 1 aliphatic rings. The average molecular weight is 448 g/mol. The second kappa shape index (κ2) is 8.48. The molecule has 0 bridgehead atoms. The Balaban J connectivity index is 1.59. The van der Waals surface area contributed by atoms with Crippen molar-refractivity contribution >= 4 is 28.5 Å². The van der Waals surface area contributed by atoms with Crippen molar-refractivity contribution in [3.05, 3.63) is 71.0 Å². The molecule has 0 spiro atoms. The second-order valence-corrected chi connectivity index (χ2v) is 8.89. The number of rotatable bonds is 7. The number of methoxy groups -OCH3 is 1. The highest BCUT2D eigenvalue weighted by molar-refractivity contribution is 6.11. The van der Waals surface area contributed by atoms with Gasteiger partial charge in [0, 0.05) is 24.1 Å². The van der Waals surface area contributed by atoms with Crippen LogP contribution in [0.1, 0.15) is 47.2 Å². The number of urea groups is 1. The van der Waals surface area contributed by atoms with Crippen molar-refractivity contribution in [3.63, 3.8) is 0 Å². The zero-order valence-corrected chi connectivity index (χ0v) is 19.6. The minimum atomic E-state index is -1.23. The lowest BCUT2D eigenvalue weighted by atomic mass is 9.90. The molecule has 1 aliphatic heterocycles. The zero-order chi connectivity index (χ0) is 23.9. The van der Waals surface area contributed by atoms with Gasteiger partial charge < -0.3 is 14.6 Å². The third kappa shape index (κ3) is 3.82. The minimum Gasteiger partial charge on any atom is -0.383 e. The molecule has 0 radical (unpaired) electrons. The minimum absolute atomic E-state index is 0.0597.